The normalized spacial score (nSPS) is 18.7. The van der Waals surface area contributed by atoms with Gasteiger partial charge in [-0.15, -0.1) is 11.3 Å². The van der Waals surface area contributed by atoms with Gasteiger partial charge in [0.25, 0.3) is 5.91 Å². The SMILES string of the molecule is O=C(NCCc1ccccc1)c1cc2n(n1)[C@@H](C(F)(F)F)C[C@@H](c1cccs1)N2. The Kier molecular flexibility index (Phi) is 5.31. The molecule has 152 valence electrons. The average Bonchev–Trinajstić information content (AvgIpc) is 3.37. The van der Waals surface area contributed by atoms with E-state index in [4.69, 9.17) is 0 Å². The van der Waals surface area contributed by atoms with Crippen LogP contribution in [0.1, 0.15) is 39.4 Å². The summed E-state index contributed by atoms with van der Waals surface area (Å²) < 4.78 is 41.8. The highest BCUT2D eigenvalue weighted by Gasteiger charge is 2.47. The number of nitrogens with zero attached hydrogens (tertiary/aromatic N) is 2. The summed E-state index contributed by atoms with van der Waals surface area (Å²) in [5, 5.41) is 11.6. The van der Waals surface area contributed by atoms with E-state index in [-0.39, 0.29) is 17.9 Å². The van der Waals surface area contributed by atoms with Crippen molar-refractivity contribution in [1.82, 2.24) is 15.1 Å². The van der Waals surface area contributed by atoms with Crippen molar-refractivity contribution in [1.29, 1.82) is 0 Å². The number of rotatable bonds is 5. The topological polar surface area (TPSA) is 59.0 Å². The first kappa shape index (κ1) is 19.5. The molecule has 0 unspecified atom stereocenters. The van der Waals surface area contributed by atoms with Crippen LogP contribution in [-0.2, 0) is 6.42 Å². The Morgan fingerprint density at radius 2 is 2.03 bits per heavy atom. The Balaban J connectivity index is 1.50. The minimum absolute atomic E-state index is 0.0263. The first-order valence-electron chi connectivity index (χ1n) is 9.20. The van der Waals surface area contributed by atoms with E-state index in [1.165, 1.54) is 17.4 Å². The van der Waals surface area contributed by atoms with Crippen LogP contribution < -0.4 is 10.6 Å². The maximum Gasteiger partial charge on any atom is 0.410 e. The number of amides is 1. The number of benzene rings is 1. The molecule has 2 aromatic heterocycles. The molecule has 1 aliphatic rings. The van der Waals surface area contributed by atoms with Gasteiger partial charge in [-0.1, -0.05) is 36.4 Å². The van der Waals surface area contributed by atoms with Gasteiger partial charge in [-0.2, -0.15) is 18.3 Å². The van der Waals surface area contributed by atoms with Crippen LogP contribution in [0.4, 0.5) is 19.0 Å². The van der Waals surface area contributed by atoms with E-state index in [2.05, 4.69) is 15.7 Å². The second kappa shape index (κ2) is 7.90. The van der Waals surface area contributed by atoms with E-state index in [1.807, 2.05) is 41.8 Å². The van der Waals surface area contributed by atoms with Crippen molar-refractivity contribution < 1.29 is 18.0 Å². The predicted molar refractivity (Wildman–Crippen MR) is 105 cm³/mol. The standard InChI is InChI=1S/C20H19F3N4OS/c21-20(22,23)17-11-14(16-7-4-10-29-16)25-18-12-15(26-27(17)18)19(28)24-9-8-13-5-2-1-3-6-13/h1-7,10,12,14,17,25H,8-9,11H2,(H,24,28)/t14-,17+/m0/s1. The molecule has 29 heavy (non-hydrogen) atoms. The molecule has 0 fully saturated rings. The molecule has 4 rings (SSSR count). The summed E-state index contributed by atoms with van der Waals surface area (Å²) in [6.07, 6.45) is -4.00. The van der Waals surface area contributed by atoms with Crippen LogP contribution >= 0.6 is 11.3 Å². The molecule has 9 heteroatoms. The van der Waals surface area contributed by atoms with E-state index in [1.54, 1.807) is 6.07 Å². The second-order valence-electron chi connectivity index (χ2n) is 6.86. The third-order valence-electron chi connectivity index (χ3n) is 4.85. The molecule has 0 saturated heterocycles. The van der Waals surface area contributed by atoms with E-state index >= 15 is 0 Å². The summed E-state index contributed by atoms with van der Waals surface area (Å²) in [6, 6.07) is 12.4. The molecule has 0 bridgehead atoms. The molecule has 0 spiro atoms. The van der Waals surface area contributed by atoms with Crippen LogP contribution in [0.2, 0.25) is 0 Å². The zero-order chi connectivity index (χ0) is 20.4. The number of fused-ring (bicyclic) bond motifs is 1. The fraction of sp³-hybridized carbons (Fsp3) is 0.300. The Hall–Kier alpha value is -2.81. The van der Waals surface area contributed by atoms with Crippen molar-refractivity contribution in [3.05, 3.63) is 70.0 Å². The van der Waals surface area contributed by atoms with Gasteiger partial charge in [0.1, 0.15) is 5.82 Å². The highest BCUT2D eigenvalue weighted by molar-refractivity contribution is 7.10. The highest BCUT2D eigenvalue weighted by Crippen LogP contribution is 2.44. The Morgan fingerprint density at radius 3 is 2.72 bits per heavy atom. The monoisotopic (exact) mass is 420 g/mol. The number of halogens is 3. The van der Waals surface area contributed by atoms with Crippen LogP contribution in [0.3, 0.4) is 0 Å². The van der Waals surface area contributed by atoms with Gasteiger partial charge in [0.15, 0.2) is 11.7 Å². The van der Waals surface area contributed by atoms with Crippen LogP contribution in [0, 0.1) is 0 Å². The highest BCUT2D eigenvalue weighted by atomic mass is 32.1. The lowest BCUT2D eigenvalue weighted by molar-refractivity contribution is -0.173. The number of thiophene rings is 1. The Bertz CT molecular complexity index is 970. The molecule has 2 N–H and O–H groups in total. The average molecular weight is 420 g/mol. The molecular weight excluding hydrogens is 401 g/mol. The predicted octanol–water partition coefficient (Wildman–Crippen LogP) is 4.58. The van der Waals surface area contributed by atoms with E-state index < -0.39 is 24.2 Å². The largest absolute Gasteiger partial charge is 0.410 e. The fourth-order valence-corrected chi connectivity index (χ4v) is 4.21. The third-order valence-corrected chi connectivity index (χ3v) is 5.84. The molecule has 0 aliphatic carbocycles. The van der Waals surface area contributed by atoms with Gasteiger partial charge < -0.3 is 10.6 Å². The Morgan fingerprint density at radius 1 is 1.24 bits per heavy atom. The maximum absolute atomic E-state index is 13.6. The van der Waals surface area contributed by atoms with Gasteiger partial charge in [0, 0.05) is 23.9 Å². The number of anilines is 1. The molecule has 1 amide bonds. The first-order chi connectivity index (χ1) is 13.9. The zero-order valence-electron chi connectivity index (χ0n) is 15.3. The van der Waals surface area contributed by atoms with Crippen LogP contribution in [0.15, 0.2) is 53.9 Å². The summed E-state index contributed by atoms with van der Waals surface area (Å²) in [5.74, 6) is -0.289. The van der Waals surface area contributed by atoms with Gasteiger partial charge in [-0.3, -0.25) is 4.79 Å². The number of hydrogen-bond acceptors (Lipinski definition) is 4. The smallest absolute Gasteiger partial charge is 0.363 e. The summed E-state index contributed by atoms with van der Waals surface area (Å²) >= 11 is 1.40. The summed E-state index contributed by atoms with van der Waals surface area (Å²) in [7, 11) is 0. The number of carbonyl (C=O) groups is 1. The van der Waals surface area contributed by atoms with Crippen molar-refractivity contribution in [2.24, 2.45) is 0 Å². The maximum atomic E-state index is 13.6. The lowest BCUT2D eigenvalue weighted by Gasteiger charge is -2.32. The third kappa shape index (κ3) is 4.29. The molecule has 0 saturated carbocycles. The van der Waals surface area contributed by atoms with Gasteiger partial charge in [0.05, 0.1) is 6.04 Å². The summed E-state index contributed by atoms with van der Waals surface area (Å²) in [5.41, 5.74) is 1.04. The number of carbonyl (C=O) groups excluding carboxylic acids is 1. The first-order valence-corrected chi connectivity index (χ1v) is 10.1. The lowest BCUT2D eigenvalue weighted by Crippen LogP contribution is -2.35. The van der Waals surface area contributed by atoms with Crippen LogP contribution in [0.5, 0.6) is 0 Å². The van der Waals surface area contributed by atoms with Gasteiger partial charge in [-0.25, -0.2) is 4.68 Å². The minimum atomic E-state index is -4.46. The molecule has 3 heterocycles. The Labute approximate surface area is 169 Å². The molecule has 3 aromatic rings. The van der Waals surface area contributed by atoms with E-state index in [9.17, 15) is 18.0 Å². The van der Waals surface area contributed by atoms with Gasteiger partial charge in [0.2, 0.25) is 0 Å². The van der Waals surface area contributed by atoms with Crippen molar-refractivity contribution in [2.75, 3.05) is 11.9 Å². The van der Waals surface area contributed by atoms with Crippen molar-refractivity contribution >= 4 is 23.1 Å². The number of nitrogens with one attached hydrogen (secondary N) is 2. The van der Waals surface area contributed by atoms with Crippen molar-refractivity contribution in [3.63, 3.8) is 0 Å². The van der Waals surface area contributed by atoms with Crippen molar-refractivity contribution in [2.45, 2.75) is 31.1 Å². The number of aromatic nitrogens is 2. The van der Waals surface area contributed by atoms with E-state index in [0.717, 1.165) is 15.1 Å². The molecule has 1 aliphatic heterocycles. The molecule has 2 atom stereocenters. The van der Waals surface area contributed by atoms with E-state index in [0.29, 0.717) is 13.0 Å². The molecule has 1 aromatic carbocycles. The fourth-order valence-electron chi connectivity index (χ4n) is 3.42. The quantitative estimate of drug-likeness (QED) is 0.635. The number of hydrogen-bond donors (Lipinski definition) is 2. The zero-order valence-corrected chi connectivity index (χ0v) is 16.1. The van der Waals surface area contributed by atoms with Gasteiger partial charge in [-0.05, 0) is 23.4 Å². The molecule has 5 nitrogen and oxygen atoms in total. The summed E-state index contributed by atoms with van der Waals surface area (Å²) in [4.78, 5) is 13.2. The lowest BCUT2D eigenvalue weighted by atomic mass is 10.0. The minimum Gasteiger partial charge on any atom is -0.363 e. The number of alkyl halides is 3. The van der Waals surface area contributed by atoms with Crippen molar-refractivity contribution in [3.8, 4) is 0 Å². The van der Waals surface area contributed by atoms with Crippen LogP contribution in [0.25, 0.3) is 0 Å². The summed E-state index contributed by atoms with van der Waals surface area (Å²) in [6.45, 7) is 0.374. The molecular formula is C20H19F3N4OS. The second-order valence-corrected chi connectivity index (χ2v) is 7.84. The van der Waals surface area contributed by atoms with Crippen LogP contribution in [-0.4, -0.2) is 28.4 Å². The molecule has 0 radical (unpaired) electrons. The van der Waals surface area contributed by atoms with Gasteiger partial charge >= 0.3 is 6.18 Å².